The quantitative estimate of drug-likeness (QED) is 0.717. The van der Waals surface area contributed by atoms with E-state index < -0.39 is 0 Å². The van der Waals surface area contributed by atoms with Crippen LogP contribution in [0.2, 0.25) is 0 Å². The van der Waals surface area contributed by atoms with Crippen LogP contribution < -0.4 is 5.32 Å². The van der Waals surface area contributed by atoms with Gasteiger partial charge in [0.25, 0.3) is 0 Å². The Morgan fingerprint density at radius 1 is 1.38 bits per heavy atom. The summed E-state index contributed by atoms with van der Waals surface area (Å²) in [5, 5.41) is 12.7. The summed E-state index contributed by atoms with van der Waals surface area (Å²) in [5.41, 5.74) is 0. The van der Waals surface area contributed by atoms with Gasteiger partial charge in [-0.25, -0.2) is 0 Å². The van der Waals surface area contributed by atoms with Crippen molar-refractivity contribution < 1.29 is 9.84 Å². The molecule has 2 saturated heterocycles. The van der Waals surface area contributed by atoms with Gasteiger partial charge in [-0.2, -0.15) is 0 Å². The fourth-order valence-electron chi connectivity index (χ4n) is 3.02. The Morgan fingerprint density at radius 2 is 2.19 bits per heavy atom. The lowest BCUT2D eigenvalue weighted by molar-refractivity contribution is -0.107. The average Bonchev–Trinajstić information content (AvgIpc) is 2.76. The van der Waals surface area contributed by atoms with Crippen molar-refractivity contribution in [1.82, 2.24) is 10.2 Å². The van der Waals surface area contributed by atoms with Gasteiger partial charge in [-0.3, -0.25) is 4.90 Å². The van der Waals surface area contributed by atoms with Crippen molar-refractivity contribution >= 4 is 0 Å². The van der Waals surface area contributed by atoms with Crippen LogP contribution in [0.5, 0.6) is 0 Å². The molecule has 2 heterocycles. The van der Waals surface area contributed by atoms with Gasteiger partial charge in [0, 0.05) is 25.7 Å². The standard InChI is InChI=1S/C12H24N2O2/c1-3-10-4-13-5-12(10)14-6-9(2)16-11(7-14)8-15/h9-13,15H,3-8H2,1-2H3. The van der Waals surface area contributed by atoms with E-state index in [0.29, 0.717) is 6.04 Å². The van der Waals surface area contributed by atoms with E-state index in [9.17, 15) is 5.11 Å². The molecule has 0 aromatic carbocycles. The molecule has 2 aliphatic heterocycles. The summed E-state index contributed by atoms with van der Waals surface area (Å²) < 4.78 is 5.68. The van der Waals surface area contributed by atoms with Crippen molar-refractivity contribution in [3.63, 3.8) is 0 Å². The smallest absolute Gasteiger partial charge is 0.0936 e. The van der Waals surface area contributed by atoms with Crippen LogP contribution in [-0.2, 0) is 4.74 Å². The minimum absolute atomic E-state index is 0.00172. The summed E-state index contributed by atoms with van der Waals surface area (Å²) in [7, 11) is 0. The van der Waals surface area contributed by atoms with Crippen LogP contribution >= 0.6 is 0 Å². The van der Waals surface area contributed by atoms with E-state index in [4.69, 9.17) is 4.74 Å². The molecule has 0 spiro atoms. The third-order valence-electron chi connectivity index (χ3n) is 3.86. The number of morpholine rings is 1. The molecule has 0 aliphatic carbocycles. The summed E-state index contributed by atoms with van der Waals surface area (Å²) >= 11 is 0. The lowest BCUT2D eigenvalue weighted by Crippen LogP contribution is -2.54. The van der Waals surface area contributed by atoms with Gasteiger partial charge in [0.15, 0.2) is 0 Å². The van der Waals surface area contributed by atoms with Crippen LogP contribution in [0.4, 0.5) is 0 Å². The predicted molar refractivity (Wildman–Crippen MR) is 63.4 cm³/mol. The Bertz CT molecular complexity index is 225. The number of hydrogen-bond donors (Lipinski definition) is 2. The Hall–Kier alpha value is -0.160. The second-order valence-corrected chi connectivity index (χ2v) is 5.10. The average molecular weight is 228 g/mol. The molecule has 4 unspecified atom stereocenters. The third kappa shape index (κ3) is 2.56. The molecule has 0 aromatic heterocycles. The molecule has 0 saturated carbocycles. The fraction of sp³-hybridized carbons (Fsp3) is 1.00. The van der Waals surface area contributed by atoms with Gasteiger partial charge in [-0.05, 0) is 19.4 Å². The van der Waals surface area contributed by atoms with E-state index in [1.807, 2.05) is 0 Å². The van der Waals surface area contributed by atoms with Gasteiger partial charge in [-0.15, -0.1) is 0 Å². The summed E-state index contributed by atoms with van der Waals surface area (Å²) in [4.78, 5) is 2.50. The summed E-state index contributed by atoms with van der Waals surface area (Å²) in [6.07, 6.45) is 1.47. The number of hydrogen-bond acceptors (Lipinski definition) is 4. The molecular weight excluding hydrogens is 204 g/mol. The molecule has 2 fully saturated rings. The summed E-state index contributed by atoms with van der Waals surface area (Å²) in [6.45, 7) is 8.59. The van der Waals surface area contributed by atoms with Crippen LogP contribution in [0.15, 0.2) is 0 Å². The van der Waals surface area contributed by atoms with Gasteiger partial charge in [0.1, 0.15) is 0 Å². The SMILES string of the molecule is CCC1CNCC1N1CC(C)OC(CO)C1. The minimum Gasteiger partial charge on any atom is -0.394 e. The molecule has 2 rings (SSSR count). The van der Waals surface area contributed by atoms with E-state index in [2.05, 4.69) is 24.1 Å². The highest BCUT2D eigenvalue weighted by molar-refractivity contribution is 4.91. The van der Waals surface area contributed by atoms with Crippen molar-refractivity contribution in [3.05, 3.63) is 0 Å². The van der Waals surface area contributed by atoms with Gasteiger partial charge >= 0.3 is 0 Å². The van der Waals surface area contributed by atoms with Crippen molar-refractivity contribution in [2.45, 2.75) is 38.5 Å². The zero-order chi connectivity index (χ0) is 11.5. The highest BCUT2D eigenvalue weighted by atomic mass is 16.5. The van der Waals surface area contributed by atoms with E-state index in [-0.39, 0.29) is 18.8 Å². The Kier molecular flexibility index (Phi) is 4.19. The molecular formula is C12H24N2O2. The number of ether oxygens (including phenoxy) is 1. The number of nitrogens with zero attached hydrogens (tertiary/aromatic N) is 1. The second-order valence-electron chi connectivity index (χ2n) is 5.10. The normalized spacial score (nSPS) is 41.4. The van der Waals surface area contributed by atoms with Crippen LogP contribution in [-0.4, -0.2) is 61.0 Å². The molecule has 0 amide bonds. The van der Waals surface area contributed by atoms with Gasteiger partial charge < -0.3 is 15.2 Å². The maximum Gasteiger partial charge on any atom is 0.0936 e. The third-order valence-corrected chi connectivity index (χ3v) is 3.86. The van der Waals surface area contributed by atoms with Gasteiger partial charge in [0.05, 0.1) is 18.8 Å². The predicted octanol–water partition coefficient (Wildman–Crippen LogP) is 0.0660. The molecule has 0 aromatic rings. The number of aliphatic hydroxyl groups excluding tert-OH is 1. The maximum atomic E-state index is 9.23. The van der Waals surface area contributed by atoms with E-state index >= 15 is 0 Å². The van der Waals surface area contributed by atoms with Crippen molar-refractivity contribution in [3.8, 4) is 0 Å². The Morgan fingerprint density at radius 3 is 2.88 bits per heavy atom. The molecule has 4 nitrogen and oxygen atoms in total. The highest BCUT2D eigenvalue weighted by Crippen LogP contribution is 2.22. The topological polar surface area (TPSA) is 44.7 Å². The van der Waals surface area contributed by atoms with Gasteiger partial charge in [-0.1, -0.05) is 13.3 Å². The first-order valence-corrected chi connectivity index (χ1v) is 6.45. The van der Waals surface area contributed by atoms with Crippen LogP contribution in [0.3, 0.4) is 0 Å². The summed E-state index contributed by atoms with van der Waals surface area (Å²) in [6, 6.07) is 0.630. The molecule has 0 radical (unpaired) electrons. The van der Waals surface area contributed by atoms with Crippen molar-refractivity contribution in [2.24, 2.45) is 5.92 Å². The molecule has 4 heteroatoms. The number of aliphatic hydroxyl groups is 1. The Balaban J connectivity index is 1.97. The van der Waals surface area contributed by atoms with E-state index in [1.54, 1.807) is 0 Å². The molecule has 0 bridgehead atoms. The lowest BCUT2D eigenvalue weighted by Gasteiger charge is -2.41. The molecule has 2 aliphatic rings. The fourth-order valence-corrected chi connectivity index (χ4v) is 3.02. The van der Waals surface area contributed by atoms with Crippen LogP contribution in [0.25, 0.3) is 0 Å². The zero-order valence-corrected chi connectivity index (χ0v) is 10.4. The first-order chi connectivity index (χ1) is 7.74. The Labute approximate surface area is 98.0 Å². The maximum absolute atomic E-state index is 9.23. The lowest BCUT2D eigenvalue weighted by atomic mass is 9.98. The number of rotatable bonds is 3. The minimum atomic E-state index is 0.00172. The monoisotopic (exact) mass is 228 g/mol. The summed E-state index contributed by atoms with van der Waals surface area (Å²) in [5.74, 6) is 0.754. The van der Waals surface area contributed by atoms with E-state index in [1.165, 1.54) is 6.42 Å². The first kappa shape index (κ1) is 12.3. The molecule has 2 N–H and O–H groups in total. The molecule has 16 heavy (non-hydrogen) atoms. The first-order valence-electron chi connectivity index (χ1n) is 6.45. The largest absolute Gasteiger partial charge is 0.394 e. The zero-order valence-electron chi connectivity index (χ0n) is 10.4. The van der Waals surface area contributed by atoms with Crippen LogP contribution in [0, 0.1) is 5.92 Å². The molecule has 4 atom stereocenters. The molecule has 94 valence electrons. The number of nitrogens with one attached hydrogen (secondary N) is 1. The van der Waals surface area contributed by atoms with Crippen LogP contribution in [0.1, 0.15) is 20.3 Å². The van der Waals surface area contributed by atoms with Crippen molar-refractivity contribution in [1.29, 1.82) is 0 Å². The van der Waals surface area contributed by atoms with Crippen molar-refractivity contribution in [2.75, 3.05) is 32.8 Å². The second kappa shape index (κ2) is 5.45. The van der Waals surface area contributed by atoms with Gasteiger partial charge in [0.2, 0.25) is 0 Å². The highest BCUT2D eigenvalue weighted by Gasteiger charge is 2.35. The van der Waals surface area contributed by atoms with E-state index in [0.717, 1.165) is 32.1 Å².